The second kappa shape index (κ2) is 10.7. The number of hydrogen-bond donors (Lipinski definition) is 1. The monoisotopic (exact) mass is 370 g/mol. The number of hydrogen-bond acceptors (Lipinski definition) is 3. The minimum atomic E-state index is -1.01. The van der Waals surface area contributed by atoms with E-state index in [1.165, 1.54) is 24.5 Å². The number of nitrogens with zero attached hydrogens (tertiary/aromatic N) is 2. The maximum Gasteiger partial charge on any atom is 0.354 e. The molecule has 1 N–H and O–H groups in total. The predicted octanol–water partition coefficient (Wildman–Crippen LogP) is 4.40. The highest BCUT2D eigenvalue weighted by atomic mass is 16.4. The molecule has 5 heteroatoms. The Morgan fingerprint density at radius 2 is 2.19 bits per heavy atom. The normalized spacial score (nSPS) is 17.9. The van der Waals surface area contributed by atoms with Crippen molar-refractivity contribution >= 4 is 11.9 Å². The fraction of sp³-hybridized carbons (Fsp3) is 0.500. The molecule has 1 amide bonds. The van der Waals surface area contributed by atoms with Gasteiger partial charge < -0.3 is 10.0 Å². The summed E-state index contributed by atoms with van der Waals surface area (Å²) in [5.74, 6) is -0.817. The summed E-state index contributed by atoms with van der Waals surface area (Å²) in [4.78, 5) is 29.3. The van der Waals surface area contributed by atoms with Crippen LogP contribution in [0, 0.1) is 0 Å². The van der Waals surface area contributed by atoms with Crippen molar-refractivity contribution in [1.29, 1.82) is 0 Å². The van der Waals surface area contributed by atoms with Crippen LogP contribution in [0.1, 0.15) is 68.6 Å². The van der Waals surface area contributed by atoms with E-state index in [9.17, 15) is 9.59 Å². The molecular weight excluding hydrogens is 340 g/mol. The summed E-state index contributed by atoms with van der Waals surface area (Å²) in [7, 11) is 0. The number of carboxylic acid groups (broad SMARTS) is 1. The topological polar surface area (TPSA) is 70.5 Å². The van der Waals surface area contributed by atoms with E-state index in [0.717, 1.165) is 25.0 Å². The standard InChI is InChI=1S/C22H30N2O3/c1-3-4-8-17(2)9-5-12-19-14-15-21(25)24(19)16-7-11-18-10-6-13-20(23-18)22(26)27/h5-6,9-10,12-13,19H,3-4,7-8,11,14-16H2,1-2H3,(H,26,27). The average Bonchev–Trinajstić information content (AvgIpc) is 3.00. The molecule has 146 valence electrons. The van der Waals surface area contributed by atoms with Crippen LogP contribution in [-0.2, 0) is 11.2 Å². The second-order valence-corrected chi connectivity index (χ2v) is 7.12. The van der Waals surface area contributed by atoms with Gasteiger partial charge in [0.15, 0.2) is 0 Å². The summed E-state index contributed by atoms with van der Waals surface area (Å²) in [6.45, 7) is 5.01. The van der Waals surface area contributed by atoms with Gasteiger partial charge in [-0.15, -0.1) is 0 Å². The van der Waals surface area contributed by atoms with Crippen molar-refractivity contribution < 1.29 is 14.7 Å². The van der Waals surface area contributed by atoms with Gasteiger partial charge in [-0.25, -0.2) is 9.78 Å². The summed E-state index contributed by atoms with van der Waals surface area (Å²) >= 11 is 0. The third-order valence-electron chi connectivity index (χ3n) is 4.87. The van der Waals surface area contributed by atoms with E-state index in [1.54, 1.807) is 6.07 Å². The fourth-order valence-electron chi connectivity index (χ4n) is 3.30. The lowest BCUT2D eigenvalue weighted by Crippen LogP contribution is -2.32. The molecule has 0 spiro atoms. The number of aryl methyl sites for hydroxylation is 1. The summed E-state index contributed by atoms with van der Waals surface area (Å²) < 4.78 is 0. The fourth-order valence-corrected chi connectivity index (χ4v) is 3.30. The van der Waals surface area contributed by atoms with Crippen LogP contribution in [0.3, 0.4) is 0 Å². The first kappa shape index (κ1) is 20.9. The van der Waals surface area contributed by atoms with Crippen molar-refractivity contribution in [2.45, 2.75) is 64.8 Å². The molecule has 1 aromatic heterocycles. The molecule has 1 saturated heterocycles. The molecule has 0 radical (unpaired) electrons. The lowest BCUT2D eigenvalue weighted by atomic mass is 10.1. The first-order valence-corrected chi connectivity index (χ1v) is 9.84. The lowest BCUT2D eigenvalue weighted by Gasteiger charge is -2.22. The molecule has 1 aliphatic heterocycles. The Morgan fingerprint density at radius 1 is 1.37 bits per heavy atom. The number of pyridine rings is 1. The number of carbonyl (C=O) groups is 2. The quantitative estimate of drug-likeness (QED) is 0.620. The van der Waals surface area contributed by atoms with Gasteiger partial charge in [-0.2, -0.15) is 0 Å². The molecule has 1 atom stereocenters. The van der Waals surface area contributed by atoms with Crippen molar-refractivity contribution in [1.82, 2.24) is 9.88 Å². The zero-order chi connectivity index (χ0) is 19.6. The number of aromatic carboxylic acids is 1. The number of aromatic nitrogens is 1. The Balaban J connectivity index is 1.87. The zero-order valence-electron chi connectivity index (χ0n) is 16.4. The number of rotatable bonds is 10. The van der Waals surface area contributed by atoms with Crippen LogP contribution in [0.2, 0.25) is 0 Å². The maximum atomic E-state index is 12.2. The summed E-state index contributed by atoms with van der Waals surface area (Å²) in [5, 5.41) is 9.02. The van der Waals surface area contributed by atoms with Crippen LogP contribution in [0.4, 0.5) is 0 Å². The number of unbranched alkanes of at least 4 members (excludes halogenated alkanes) is 1. The Labute approximate surface area is 161 Å². The highest BCUT2D eigenvalue weighted by Gasteiger charge is 2.28. The van der Waals surface area contributed by atoms with Crippen LogP contribution in [0.15, 0.2) is 42.0 Å². The van der Waals surface area contributed by atoms with E-state index < -0.39 is 5.97 Å². The third kappa shape index (κ3) is 6.66. The smallest absolute Gasteiger partial charge is 0.354 e. The Hall–Kier alpha value is -2.43. The van der Waals surface area contributed by atoms with Crippen molar-refractivity contribution in [2.75, 3.05) is 6.54 Å². The highest BCUT2D eigenvalue weighted by Crippen LogP contribution is 2.21. The third-order valence-corrected chi connectivity index (χ3v) is 4.87. The molecule has 0 bridgehead atoms. The molecular formula is C22H30N2O3. The van der Waals surface area contributed by atoms with Crippen LogP contribution < -0.4 is 0 Å². The van der Waals surface area contributed by atoms with Gasteiger partial charge >= 0.3 is 5.97 Å². The minimum Gasteiger partial charge on any atom is -0.477 e. The highest BCUT2D eigenvalue weighted by molar-refractivity contribution is 5.85. The van der Waals surface area contributed by atoms with Gasteiger partial charge in [-0.05, 0) is 51.2 Å². The largest absolute Gasteiger partial charge is 0.477 e. The van der Waals surface area contributed by atoms with Gasteiger partial charge in [-0.1, -0.05) is 43.2 Å². The molecule has 27 heavy (non-hydrogen) atoms. The zero-order valence-corrected chi connectivity index (χ0v) is 16.4. The van der Waals surface area contributed by atoms with E-state index in [4.69, 9.17) is 5.11 Å². The molecule has 1 unspecified atom stereocenters. The molecule has 0 aliphatic carbocycles. The molecule has 1 fully saturated rings. The van der Waals surface area contributed by atoms with Crippen molar-refractivity contribution in [3.63, 3.8) is 0 Å². The van der Waals surface area contributed by atoms with Gasteiger partial charge in [0.1, 0.15) is 5.69 Å². The summed E-state index contributed by atoms with van der Waals surface area (Å²) in [6.07, 6.45) is 12.8. The summed E-state index contributed by atoms with van der Waals surface area (Å²) in [5.41, 5.74) is 2.19. The Morgan fingerprint density at radius 3 is 2.93 bits per heavy atom. The van der Waals surface area contributed by atoms with Gasteiger partial charge in [0.05, 0.1) is 6.04 Å². The number of likely N-dealkylation sites (tertiary alicyclic amines) is 1. The first-order valence-electron chi connectivity index (χ1n) is 9.84. The van der Waals surface area contributed by atoms with Gasteiger partial charge in [0.25, 0.3) is 0 Å². The average molecular weight is 370 g/mol. The first-order chi connectivity index (χ1) is 13.0. The number of allylic oxidation sites excluding steroid dienone is 3. The van der Waals surface area contributed by atoms with Crippen LogP contribution in [-0.4, -0.2) is 39.5 Å². The molecule has 1 aliphatic rings. The van der Waals surface area contributed by atoms with Crippen LogP contribution in [0.25, 0.3) is 0 Å². The van der Waals surface area contributed by atoms with E-state index in [2.05, 4.69) is 37.1 Å². The van der Waals surface area contributed by atoms with E-state index in [0.29, 0.717) is 19.4 Å². The predicted molar refractivity (Wildman–Crippen MR) is 107 cm³/mol. The maximum absolute atomic E-state index is 12.2. The molecule has 0 aromatic carbocycles. The minimum absolute atomic E-state index is 0.0655. The number of carbonyl (C=O) groups excluding carboxylic acids is 1. The Bertz CT molecular complexity index is 709. The molecule has 5 nitrogen and oxygen atoms in total. The van der Waals surface area contributed by atoms with Crippen molar-refractivity contribution in [3.8, 4) is 0 Å². The van der Waals surface area contributed by atoms with Crippen LogP contribution >= 0.6 is 0 Å². The SMILES string of the molecule is CCCCC(C)=CC=CC1CCC(=O)N1CCCc1cccc(C(=O)O)n1. The van der Waals surface area contributed by atoms with E-state index in [1.807, 2.05) is 11.0 Å². The lowest BCUT2D eigenvalue weighted by molar-refractivity contribution is -0.128. The van der Waals surface area contributed by atoms with E-state index >= 15 is 0 Å². The van der Waals surface area contributed by atoms with Crippen molar-refractivity contribution in [2.24, 2.45) is 0 Å². The van der Waals surface area contributed by atoms with Gasteiger partial charge in [0.2, 0.25) is 5.91 Å². The second-order valence-electron chi connectivity index (χ2n) is 7.12. The molecule has 0 saturated carbocycles. The van der Waals surface area contributed by atoms with E-state index in [-0.39, 0.29) is 17.6 Å². The molecule has 1 aromatic rings. The molecule has 2 heterocycles. The van der Waals surface area contributed by atoms with Gasteiger partial charge in [-0.3, -0.25) is 4.79 Å². The van der Waals surface area contributed by atoms with Gasteiger partial charge in [0, 0.05) is 18.7 Å². The van der Waals surface area contributed by atoms with Crippen molar-refractivity contribution in [3.05, 3.63) is 53.4 Å². The molecule has 2 rings (SSSR count). The van der Waals surface area contributed by atoms with Crippen LogP contribution in [0.5, 0.6) is 0 Å². The number of amides is 1. The number of carboxylic acids is 1. The Kier molecular flexibility index (Phi) is 8.24. The summed E-state index contributed by atoms with van der Waals surface area (Å²) in [6, 6.07) is 5.20.